The minimum absolute atomic E-state index is 0.114. The Morgan fingerprint density at radius 3 is 2.50 bits per heavy atom. The number of carboxylic acid groups (broad SMARTS) is 1. The van der Waals surface area contributed by atoms with Crippen LogP contribution in [0.15, 0.2) is 45.6 Å². The van der Waals surface area contributed by atoms with Crippen LogP contribution in [-0.2, 0) is 12.8 Å². The third-order valence-electron chi connectivity index (χ3n) is 5.58. The average molecular weight is 420 g/mol. The van der Waals surface area contributed by atoms with E-state index in [9.17, 15) is 9.59 Å². The predicted octanol–water partition coefficient (Wildman–Crippen LogP) is 5.27. The number of benzene rings is 1. The Bertz CT molecular complexity index is 1300. The van der Waals surface area contributed by atoms with Gasteiger partial charge in [0.1, 0.15) is 10.6 Å². The third-order valence-corrected chi connectivity index (χ3v) is 6.77. The quantitative estimate of drug-likeness (QED) is 0.471. The number of hydrogen-bond acceptors (Lipinski definition) is 5. The second-order valence-electron chi connectivity index (χ2n) is 7.56. The maximum atomic E-state index is 12.9. The number of nitrogens with zero attached hydrogens (tertiary/aromatic N) is 1. The van der Waals surface area contributed by atoms with E-state index >= 15 is 0 Å². The summed E-state index contributed by atoms with van der Waals surface area (Å²) in [5, 5.41) is 9.77. The van der Waals surface area contributed by atoms with Crippen molar-refractivity contribution < 1.29 is 14.3 Å². The van der Waals surface area contributed by atoms with Gasteiger partial charge >= 0.3 is 5.97 Å². The molecule has 0 atom stereocenters. The topological polar surface area (TPSA) is 96.2 Å². The number of rotatable bonds is 3. The number of aromatic amines is 1. The summed E-state index contributed by atoms with van der Waals surface area (Å²) < 4.78 is 5.93. The van der Waals surface area contributed by atoms with Crippen LogP contribution in [0.1, 0.15) is 46.5 Å². The van der Waals surface area contributed by atoms with Gasteiger partial charge in [-0.2, -0.15) is 0 Å². The number of H-pyrrole nitrogens is 1. The molecule has 3 aromatic heterocycles. The number of aromatic carboxylic acids is 1. The number of thiophene rings is 1. The highest BCUT2D eigenvalue weighted by molar-refractivity contribution is 7.18. The van der Waals surface area contributed by atoms with Gasteiger partial charge in [-0.1, -0.05) is 25.0 Å². The van der Waals surface area contributed by atoms with Crippen LogP contribution in [-0.4, -0.2) is 21.0 Å². The molecule has 2 N–H and O–H groups in total. The van der Waals surface area contributed by atoms with Crippen LogP contribution in [0, 0.1) is 0 Å². The summed E-state index contributed by atoms with van der Waals surface area (Å²) in [6.07, 6.45) is 6.68. The summed E-state index contributed by atoms with van der Waals surface area (Å²) in [4.78, 5) is 33.6. The highest BCUT2D eigenvalue weighted by Gasteiger charge is 2.19. The lowest BCUT2D eigenvalue weighted by molar-refractivity contribution is 0.0697. The molecule has 30 heavy (non-hydrogen) atoms. The van der Waals surface area contributed by atoms with Gasteiger partial charge in [-0.3, -0.25) is 4.79 Å². The summed E-state index contributed by atoms with van der Waals surface area (Å²) in [5.41, 5.74) is 2.04. The predicted molar refractivity (Wildman–Crippen MR) is 116 cm³/mol. The molecule has 7 heteroatoms. The summed E-state index contributed by atoms with van der Waals surface area (Å²) >= 11 is 1.62. The van der Waals surface area contributed by atoms with Gasteiger partial charge in [-0.25, -0.2) is 9.78 Å². The lowest BCUT2D eigenvalue weighted by Gasteiger charge is -2.08. The summed E-state index contributed by atoms with van der Waals surface area (Å²) in [6.45, 7) is 0. The molecule has 3 heterocycles. The maximum absolute atomic E-state index is 12.9. The van der Waals surface area contributed by atoms with Crippen LogP contribution in [0.4, 0.5) is 0 Å². The number of aryl methyl sites for hydroxylation is 2. The molecule has 0 saturated heterocycles. The van der Waals surface area contributed by atoms with Crippen molar-refractivity contribution in [2.45, 2.75) is 38.5 Å². The van der Waals surface area contributed by atoms with Crippen LogP contribution in [0.5, 0.6) is 0 Å². The van der Waals surface area contributed by atoms with Crippen LogP contribution in [0.25, 0.3) is 33.1 Å². The van der Waals surface area contributed by atoms with Crippen LogP contribution in [0.3, 0.4) is 0 Å². The summed E-state index contributed by atoms with van der Waals surface area (Å²) in [6, 6.07) is 10.0. The largest absolute Gasteiger partial charge is 0.478 e. The van der Waals surface area contributed by atoms with Crippen LogP contribution < -0.4 is 5.56 Å². The minimum atomic E-state index is -0.971. The maximum Gasteiger partial charge on any atom is 0.335 e. The fourth-order valence-corrected chi connectivity index (χ4v) is 5.29. The fraction of sp³-hybridized carbons (Fsp3) is 0.261. The molecule has 1 aromatic carbocycles. The van der Waals surface area contributed by atoms with E-state index in [4.69, 9.17) is 14.5 Å². The molecule has 0 saturated carbocycles. The van der Waals surface area contributed by atoms with Gasteiger partial charge in [0.15, 0.2) is 11.6 Å². The second-order valence-corrected chi connectivity index (χ2v) is 8.64. The first-order valence-corrected chi connectivity index (χ1v) is 10.9. The van der Waals surface area contributed by atoms with E-state index in [1.165, 1.54) is 35.4 Å². The van der Waals surface area contributed by atoms with Crippen molar-refractivity contribution in [3.05, 3.63) is 62.8 Å². The van der Waals surface area contributed by atoms with E-state index in [-0.39, 0.29) is 11.1 Å². The van der Waals surface area contributed by atoms with Crippen molar-refractivity contribution in [3.8, 4) is 22.9 Å². The van der Waals surface area contributed by atoms with E-state index in [1.807, 2.05) is 0 Å². The Morgan fingerprint density at radius 2 is 1.73 bits per heavy atom. The third kappa shape index (κ3) is 3.35. The SMILES string of the molecule is O=C(O)c1ccc(-c2ccc(-c3nc4sc5c(c4c(=O)[nH]3)CCCCCC5)o2)cc1. The molecule has 1 aliphatic rings. The van der Waals surface area contributed by atoms with Gasteiger partial charge in [0.25, 0.3) is 5.56 Å². The van der Waals surface area contributed by atoms with Crippen molar-refractivity contribution in [1.82, 2.24) is 9.97 Å². The molecule has 0 spiro atoms. The van der Waals surface area contributed by atoms with Crippen molar-refractivity contribution in [2.75, 3.05) is 0 Å². The lowest BCUT2D eigenvalue weighted by Crippen LogP contribution is -2.10. The van der Waals surface area contributed by atoms with Gasteiger partial charge in [-0.15, -0.1) is 11.3 Å². The highest BCUT2D eigenvalue weighted by atomic mass is 32.1. The Labute approximate surface area is 176 Å². The molecule has 152 valence electrons. The number of furan rings is 1. The molecule has 0 aliphatic heterocycles. The first-order chi connectivity index (χ1) is 14.6. The Hall–Kier alpha value is -3.19. The molecular formula is C23H20N2O4S. The highest BCUT2D eigenvalue weighted by Crippen LogP contribution is 2.34. The van der Waals surface area contributed by atoms with E-state index < -0.39 is 5.97 Å². The minimum Gasteiger partial charge on any atom is -0.478 e. The fourth-order valence-electron chi connectivity index (χ4n) is 4.03. The van der Waals surface area contributed by atoms with Gasteiger partial charge in [-0.05, 0) is 55.5 Å². The van der Waals surface area contributed by atoms with Crippen LogP contribution in [0.2, 0.25) is 0 Å². The molecule has 4 aromatic rings. The van der Waals surface area contributed by atoms with Gasteiger partial charge < -0.3 is 14.5 Å². The van der Waals surface area contributed by atoms with Crippen molar-refractivity contribution in [1.29, 1.82) is 0 Å². The Kier molecular flexibility index (Phi) is 4.75. The first-order valence-electron chi connectivity index (χ1n) is 10.1. The zero-order valence-corrected chi connectivity index (χ0v) is 17.1. The zero-order chi connectivity index (χ0) is 20.7. The number of carboxylic acids is 1. The van der Waals surface area contributed by atoms with Gasteiger partial charge in [0.05, 0.1) is 10.9 Å². The van der Waals surface area contributed by atoms with E-state index in [0.717, 1.165) is 41.5 Å². The molecule has 0 radical (unpaired) electrons. The van der Waals surface area contributed by atoms with Gasteiger partial charge in [0, 0.05) is 10.4 Å². The van der Waals surface area contributed by atoms with Crippen molar-refractivity contribution >= 4 is 27.5 Å². The average Bonchev–Trinajstić information content (AvgIpc) is 3.33. The number of fused-ring (bicyclic) bond motifs is 3. The van der Waals surface area contributed by atoms with E-state index in [0.29, 0.717) is 17.3 Å². The number of carbonyl (C=O) groups is 1. The monoisotopic (exact) mass is 420 g/mol. The molecular weight excluding hydrogens is 400 g/mol. The summed E-state index contributed by atoms with van der Waals surface area (Å²) in [7, 11) is 0. The molecule has 0 bridgehead atoms. The molecule has 6 nitrogen and oxygen atoms in total. The smallest absolute Gasteiger partial charge is 0.335 e. The first kappa shape index (κ1) is 18.8. The number of nitrogens with one attached hydrogen (secondary N) is 1. The molecule has 1 aliphatic carbocycles. The van der Waals surface area contributed by atoms with E-state index in [2.05, 4.69) is 4.98 Å². The van der Waals surface area contributed by atoms with Crippen LogP contribution >= 0.6 is 11.3 Å². The molecule has 0 amide bonds. The van der Waals surface area contributed by atoms with E-state index in [1.54, 1.807) is 35.6 Å². The summed E-state index contributed by atoms with van der Waals surface area (Å²) in [5.74, 6) is 0.507. The lowest BCUT2D eigenvalue weighted by atomic mass is 9.98. The van der Waals surface area contributed by atoms with Crippen molar-refractivity contribution in [2.24, 2.45) is 0 Å². The number of hydrogen-bond donors (Lipinski definition) is 2. The van der Waals surface area contributed by atoms with Gasteiger partial charge in [0.2, 0.25) is 0 Å². The normalized spacial score (nSPS) is 14.3. The molecule has 0 unspecified atom stereocenters. The molecule has 5 rings (SSSR count). The van der Waals surface area contributed by atoms with Crippen molar-refractivity contribution in [3.63, 3.8) is 0 Å². The Balaban J connectivity index is 1.52. The Morgan fingerprint density at radius 1 is 1.00 bits per heavy atom. The second kappa shape index (κ2) is 7.57. The molecule has 0 fully saturated rings. The standard InChI is InChI=1S/C23H20N2O4S/c26-21-19-15-5-3-1-2-4-6-18(15)30-22(19)25-20(24-21)17-12-11-16(29-17)13-7-9-14(10-8-13)23(27)28/h7-12H,1-6H2,(H,27,28)(H,24,25,26). The number of aromatic nitrogens is 2. The zero-order valence-electron chi connectivity index (χ0n) is 16.2.